The van der Waals surface area contributed by atoms with Gasteiger partial charge in [-0.2, -0.15) is 0 Å². The van der Waals surface area contributed by atoms with Gasteiger partial charge in [-0.25, -0.2) is 8.73 Å². The van der Waals surface area contributed by atoms with Crippen molar-refractivity contribution in [2.24, 2.45) is 8.73 Å². The molecule has 4 aromatic carbocycles. The number of hydrogen-bond acceptors (Lipinski definition) is 3. The Hall–Kier alpha value is -3.21. The van der Waals surface area contributed by atoms with Crippen molar-refractivity contribution in [2.45, 2.75) is 11.0 Å². The van der Waals surface area contributed by atoms with Crippen LogP contribution in [0, 0.1) is 0 Å². The minimum atomic E-state index is -2.13. The smallest absolute Gasteiger partial charge is 0.0902 e. The molecule has 0 bridgehead atoms. The summed E-state index contributed by atoms with van der Waals surface area (Å²) in [6.07, 6.45) is -0.679. The minimum Gasteiger partial charge on any atom is -0.387 e. The maximum Gasteiger partial charge on any atom is 0.0902 e. The van der Waals surface area contributed by atoms with Crippen LogP contribution in [0.3, 0.4) is 0 Å². The average molecular weight is 413 g/mol. The minimum absolute atomic E-state index is 0.408. The Morgan fingerprint density at radius 2 is 0.967 bits per heavy atom. The van der Waals surface area contributed by atoms with E-state index in [0.29, 0.717) is 5.75 Å². The maximum absolute atomic E-state index is 11.2. The molecule has 0 aromatic heterocycles. The van der Waals surface area contributed by atoms with Gasteiger partial charge in [-0.15, -0.1) is 0 Å². The van der Waals surface area contributed by atoms with Crippen LogP contribution >= 0.6 is 0 Å². The summed E-state index contributed by atoms with van der Waals surface area (Å²) in [6, 6.07) is 39.7. The van der Waals surface area contributed by atoms with Gasteiger partial charge in [-0.05, 0) is 51.6 Å². The van der Waals surface area contributed by atoms with Gasteiger partial charge in [-0.1, -0.05) is 84.9 Å². The van der Waals surface area contributed by atoms with Crippen LogP contribution in [0.1, 0.15) is 11.7 Å². The Bertz CT molecular complexity index is 1130. The summed E-state index contributed by atoms with van der Waals surface area (Å²) in [7, 11) is -2.13. The fraction of sp³-hybridized carbons (Fsp3) is 0.0769. The summed E-state index contributed by atoms with van der Waals surface area (Å²) in [6.45, 7) is 0. The van der Waals surface area contributed by atoms with Gasteiger partial charge in [0.25, 0.3) is 0 Å². The monoisotopic (exact) mass is 412 g/mol. The van der Waals surface area contributed by atoms with Crippen LogP contribution in [0.4, 0.5) is 11.4 Å². The number of benzene rings is 4. The molecular weight excluding hydrogens is 388 g/mol. The summed E-state index contributed by atoms with van der Waals surface area (Å²) in [5, 5.41) is 11.2. The maximum atomic E-state index is 11.2. The van der Waals surface area contributed by atoms with Gasteiger partial charge in [0.15, 0.2) is 0 Å². The second-order valence-corrected chi connectivity index (χ2v) is 9.43. The van der Waals surface area contributed by atoms with Crippen molar-refractivity contribution >= 4 is 21.0 Å². The molecule has 0 fully saturated rings. The zero-order valence-corrected chi connectivity index (χ0v) is 17.4. The van der Waals surface area contributed by atoms with Gasteiger partial charge in [0, 0.05) is 10.6 Å². The lowest BCUT2D eigenvalue weighted by atomic mass is 10.1. The van der Waals surface area contributed by atoms with Gasteiger partial charge < -0.3 is 5.11 Å². The molecule has 1 N–H and O–H groups in total. The Morgan fingerprint density at radius 1 is 0.567 bits per heavy atom. The first kappa shape index (κ1) is 20.1. The van der Waals surface area contributed by atoms with Gasteiger partial charge in [-0.3, -0.25) is 0 Å². The molecule has 30 heavy (non-hydrogen) atoms. The number of nitrogens with zero attached hydrogens (tertiary/aromatic N) is 2. The van der Waals surface area contributed by atoms with Gasteiger partial charge in [0.1, 0.15) is 0 Å². The summed E-state index contributed by atoms with van der Waals surface area (Å²) in [5.41, 5.74) is 2.59. The van der Waals surface area contributed by atoms with E-state index in [9.17, 15) is 5.11 Å². The first-order valence-electron chi connectivity index (χ1n) is 9.90. The first-order chi connectivity index (χ1) is 14.8. The number of aliphatic hydroxyl groups excluding tert-OH is 1. The van der Waals surface area contributed by atoms with E-state index in [0.717, 1.165) is 21.8 Å². The summed E-state index contributed by atoms with van der Waals surface area (Å²) in [4.78, 5) is 1.02. The fourth-order valence-corrected chi connectivity index (χ4v) is 6.01. The first-order valence-corrected chi connectivity index (χ1v) is 11.6. The second-order valence-electron chi connectivity index (χ2n) is 6.93. The molecule has 4 heteroatoms. The molecule has 1 atom stereocenters. The van der Waals surface area contributed by atoms with Crippen LogP contribution in [-0.2, 0) is 9.62 Å². The number of rotatable bonds is 6. The van der Waals surface area contributed by atoms with Crippen LogP contribution in [-0.4, -0.2) is 10.9 Å². The normalized spacial score (nSPS) is 12.2. The van der Waals surface area contributed by atoms with E-state index in [4.69, 9.17) is 8.73 Å². The Labute approximate surface area is 178 Å². The van der Waals surface area contributed by atoms with Crippen LogP contribution in [0.25, 0.3) is 0 Å². The second kappa shape index (κ2) is 9.53. The molecule has 0 aliphatic carbocycles. The summed E-state index contributed by atoms with van der Waals surface area (Å²) in [5.74, 6) is 0.408. The zero-order valence-electron chi connectivity index (χ0n) is 16.6. The predicted molar refractivity (Wildman–Crippen MR) is 125 cm³/mol. The molecule has 0 heterocycles. The fourth-order valence-electron chi connectivity index (χ4n) is 3.25. The van der Waals surface area contributed by atoms with E-state index in [1.165, 1.54) is 0 Å². The highest BCUT2D eigenvalue weighted by Crippen LogP contribution is 2.31. The van der Waals surface area contributed by atoms with E-state index >= 15 is 0 Å². The molecule has 0 spiro atoms. The summed E-state index contributed by atoms with van der Waals surface area (Å²) >= 11 is 0. The van der Waals surface area contributed by atoms with Crippen molar-refractivity contribution in [1.29, 1.82) is 0 Å². The summed E-state index contributed by atoms with van der Waals surface area (Å²) < 4.78 is 10.4. The van der Waals surface area contributed by atoms with Crippen LogP contribution < -0.4 is 0 Å². The molecule has 0 radical (unpaired) electrons. The van der Waals surface area contributed by atoms with Crippen molar-refractivity contribution in [3.8, 4) is 0 Å². The third-order valence-electron chi connectivity index (χ3n) is 4.72. The molecule has 0 aliphatic rings. The molecule has 0 saturated carbocycles. The van der Waals surface area contributed by atoms with E-state index in [1.807, 2.05) is 109 Å². The third kappa shape index (κ3) is 4.85. The topological polar surface area (TPSA) is 45.0 Å². The SMILES string of the molecule is OC(CS(=Nc1ccccc1)(=Nc1ccccc1)c1ccccc1)c1ccccc1. The van der Waals surface area contributed by atoms with Gasteiger partial charge in [0.2, 0.25) is 0 Å². The standard InChI is InChI=1S/C26H24N2OS/c29-26(22-13-5-1-6-14-22)21-30(25-19-11-4-12-20-25,27-23-15-7-2-8-16-23)28-24-17-9-3-10-18-24/h1-20,26,29H,21H2. The lowest BCUT2D eigenvalue weighted by molar-refractivity contribution is 0.203. The van der Waals surface area contributed by atoms with Crippen LogP contribution in [0.15, 0.2) is 135 Å². The molecule has 0 amide bonds. The predicted octanol–water partition coefficient (Wildman–Crippen LogP) is 6.96. The Morgan fingerprint density at radius 3 is 1.43 bits per heavy atom. The molecule has 150 valence electrons. The van der Waals surface area contributed by atoms with Crippen LogP contribution in [0.2, 0.25) is 0 Å². The molecule has 1 unspecified atom stereocenters. The highest BCUT2D eigenvalue weighted by molar-refractivity contribution is 7.96. The van der Waals surface area contributed by atoms with Crippen molar-refractivity contribution in [2.75, 3.05) is 5.75 Å². The molecule has 4 rings (SSSR count). The highest BCUT2D eigenvalue weighted by Gasteiger charge is 2.19. The van der Waals surface area contributed by atoms with Crippen molar-refractivity contribution in [1.82, 2.24) is 0 Å². The number of hydrogen-bond donors (Lipinski definition) is 1. The van der Waals surface area contributed by atoms with Gasteiger partial charge in [0.05, 0.1) is 17.5 Å². The zero-order chi connectivity index (χ0) is 20.7. The van der Waals surface area contributed by atoms with Crippen molar-refractivity contribution in [3.05, 3.63) is 127 Å². The van der Waals surface area contributed by atoms with Crippen molar-refractivity contribution in [3.63, 3.8) is 0 Å². The van der Waals surface area contributed by atoms with Gasteiger partial charge >= 0.3 is 0 Å². The molecule has 3 nitrogen and oxygen atoms in total. The third-order valence-corrected chi connectivity index (χ3v) is 7.55. The molecule has 0 saturated heterocycles. The number of aliphatic hydroxyl groups is 1. The lowest BCUT2D eigenvalue weighted by Crippen LogP contribution is -2.14. The highest BCUT2D eigenvalue weighted by atomic mass is 32.2. The van der Waals surface area contributed by atoms with E-state index in [1.54, 1.807) is 0 Å². The largest absolute Gasteiger partial charge is 0.387 e. The molecule has 0 aliphatic heterocycles. The van der Waals surface area contributed by atoms with E-state index in [2.05, 4.69) is 12.1 Å². The van der Waals surface area contributed by atoms with Crippen molar-refractivity contribution < 1.29 is 5.11 Å². The quantitative estimate of drug-likeness (QED) is 0.365. The molecule has 4 aromatic rings. The molecular formula is C26H24N2OS. The van der Waals surface area contributed by atoms with E-state index in [-0.39, 0.29) is 0 Å². The Kier molecular flexibility index (Phi) is 6.38. The van der Waals surface area contributed by atoms with Crippen LogP contribution in [0.5, 0.6) is 0 Å². The van der Waals surface area contributed by atoms with E-state index < -0.39 is 15.7 Å². The lowest BCUT2D eigenvalue weighted by Gasteiger charge is -2.21. The Balaban J connectivity index is 1.96. The average Bonchev–Trinajstić information content (AvgIpc) is 2.81.